The van der Waals surface area contributed by atoms with Gasteiger partial charge in [0, 0.05) is 24.1 Å². The summed E-state index contributed by atoms with van der Waals surface area (Å²) in [6, 6.07) is 10.8. The number of para-hydroxylation sites is 1. The summed E-state index contributed by atoms with van der Waals surface area (Å²) in [5, 5.41) is 3.80. The van der Waals surface area contributed by atoms with Crippen LogP contribution < -0.4 is 5.32 Å². The van der Waals surface area contributed by atoms with Crippen molar-refractivity contribution < 1.29 is 19.1 Å². The molecule has 126 valence electrons. The first kappa shape index (κ1) is 16.4. The van der Waals surface area contributed by atoms with Crippen molar-refractivity contribution in [1.82, 2.24) is 10.3 Å². The first-order valence-corrected chi connectivity index (χ1v) is 7.98. The molecular weight excluding hydrogens is 308 g/mol. The molecule has 24 heavy (non-hydrogen) atoms. The standard InChI is InChI=1S/C18H20N2O4/c1-23-18(22)16(20-17(21)13-8-9-24-11-13)10-14-7-6-12-4-2-3-5-15(12)19-14/h2-7,13,16H,8-11H2,1H3,(H,20,21)/t13-,16+/m0/s1. The van der Waals surface area contributed by atoms with Crippen molar-refractivity contribution in [2.24, 2.45) is 5.92 Å². The Hall–Kier alpha value is -2.47. The number of fused-ring (bicyclic) bond motifs is 1. The average Bonchev–Trinajstić information content (AvgIpc) is 3.15. The van der Waals surface area contributed by atoms with Gasteiger partial charge in [0.25, 0.3) is 0 Å². The van der Waals surface area contributed by atoms with Crippen molar-refractivity contribution in [1.29, 1.82) is 0 Å². The lowest BCUT2D eigenvalue weighted by molar-refractivity contribution is -0.145. The molecule has 1 aromatic carbocycles. The van der Waals surface area contributed by atoms with E-state index >= 15 is 0 Å². The fourth-order valence-electron chi connectivity index (χ4n) is 2.80. The van der Waals surface area contributed by atoms with Gasteiger partial charge in [-0.2, -0.15) is 0 Å². The molecule has 0 unspecified atom stereocenters. The summed E-state index contributed by atoms with van der Waals surface area (Å²) in [6.07, 6.45) is 0.963. The fourth-order valence-corrected chi connectivity index (χ4v) is 2.80. The van der Waals surface area contributed by atoms with Crippen molar-refractivity contribution in [3.05, 3.63) is 42.1 Å². The minimum atomic E-state index is -0.753. The van der Waals surface area contributed by atoms with Crippen LogP contribution in [0.2, 0.25) is 0 Å². The van der Waals surface area contributed by atoms with Gasteiger partial charge in [0.1, 0.15) is 6.04 Å². The summed E-state index contributed by atoms with van der Waals surface area (Å²) in [5.41, 5.74) is 1.58. The molecule has 1 amide bonds. The van der Waals surface area contributed by atoms with Gasteiger partial charge in [-0.1, -0.05) is 24.3 Å². The normalized spacial score (nSPS) is 18.3. The molecule has 1 aliphatic rings. The summed E-state index contributed by atoms with van der Waals surface area (Å²) in [6.45, 7) is 0.973. The molecule has 3 rings (SSSR count). The summed E-state index contributed by atoms with van der Waals surface area (Å²) in [5.74, 6) is -0.859. The van der Waals surface area contributed by atoms with Gasteiger partial charge in [-0.3, -0.25) is 9.78 Å². The van der Waals surface area contributed by atoms with Gasteiger partial charge in [0.2, 0.25) is 5.91 Å². The summed E-state index contributed by atoms with van der Waals surface area (Å²) >= 11 is 0. The highest BCUT2D eigenvalue weighted by atomic mass is 16.5. The van der Waals surface area contributed by atoms with Crippen molar-refractivity contribution >= 4 is 22.8 Å². The second kappa shape index (κ2) is 7.40. The number of carbonyl (C=O) groups excluding carboxylic acids is 2. The quantitative estimate of drug-likeness (QED) is 0.841. The van der Waals surface area contributed by atoms with Crippen LogP contribution >= 0.6 is 0 Å². The predicted octanol–water partition coefficient (Wildman–Crippen LogP) is 1.47. The van der Waals surface area contributed by atoms with Crippen LogP contribution in [0.1, 0.15) is 12.1 Å². The molecule has 0 bridgehead atoms. The largest absolute Gasteiger partial charge is 0.467 e. The molecule has 0 radical (unpaired) electrons. The van der Waals surface area contributed by atoms with E-state index < -0.39 is 12.0 Å². The van der Waals surface area contributed by atoms with Crippen LogP contribution in [0.4, 0.5) is 0 Å². The minimum absolute atomic E-state index is 0.177. The number of nitrogens with one attached hydrogen (secondary N) is 1. The molecule has 1 aliphatic heterocycles. The number of pyridine rings is 1. The van der Waals surface area contributed by atoms with E-state index in [9.17, 15) is 9.59 Å². The highest BCUT2D eigenvalue weighted by molar-refractivity contribution is 5.86. The molecule has 1 fully saturated rings. The Bertz CT molecular complexity index is 741. The van der Waals surface area contributed by atoms with Gasteiger partial charge < -0.3 is 14.8 Å². The van der Waals surface area contributed by atoms with Crippen LogP contribution in [0.3, 0.4) is 0 Å². The van der Waals surface area contributed by atoms with Gasteiger partial charge in [0.15, 0.2) is 0 Å². The molecule has 1 N–H and O–H groups in total. The molecule has 2 atom stereocenters. The van der Waals surface area contributed by atoms with Crippen LogP contribution in [0, 0.1) is 5.92 Å². The predicted molar refractivity (Wildman–Crippen MR) is 88.3 cm³/mol. The first-order chi connectivity index (χ1) is 11.7. The molecule has 1 saturated heterocycles. The monoisotopic (exact) mass is 328 g/mol. The number of methoxy groups -OCH3 is 1. The van der Waals surface area contributed by atoms with Crippen LogP contribution in [-0.4, -0.2) is 43.2 Å². The Labute approximate surface area is 140 Å². The minimum Gasteiger partial charge on any atom is -0.467 e. The fraction of sp³-hybridized carbons (Fsp3) is 0.389. The highest BCUT2D eigenvalue weighted by Crippen LogP contribution is 2.15. The number of esters is 1. The smallest absolute Gasteiger partial charge is 0.328 e. The zero-order valence-corrected chi connectivity index (χ0v) is 13.5. The Morgan fingerprint density at radius 3 is 2.92 bits per heavy atom. The Morgan fingerprint density at radius 2 is 2.17 bits per heavy atom. The summed E-state index contributed by atoms with van der Waals surface area (Å²) < 4.78 is 10.0. The molecular formula is C18H20N2O4. The van der Waals surface area contributed by atoms with Gasteiger partial charge in [-0.05, 0) is 18.6 Å². The summed E-state index contributed by atoms with van der Waals surface area (Å²) in [4.78, 5) is 28.8. The number of ether oxygens (including phenoxy) is 2. The van der Waals surface area contributed by atoms with Gasteiger partial charge >= 0.3 is 5.97 Å². The number of amides is 1. The van der Waals surface area contributed by atoms with Crippen molar-refractivity contribution in [3.8, 4) is 0 Å². The van der Waals surface area contributed by atoms with Crippen molar-refractivity contribution in [2.45, 2.75) is 18.9 Å². The molecule has 0 spiro atoms. The third-order valence-electron chi connectivity index (χ3n) is 4.17. The van der Waals surface area contributed by atoms with Crippen LogP contribution in [-0.2, 0) is 25.5 Å². The maximum Gasteiger partial charge on any atom is 0.328 e. The zero-order chi connectivity index (χ0) is 16.9. The molecule has 6 nitrogen and oxygen atoms in total. The first-order valence-electron chi connectivity index (χ1n) is 7.98. The maximum absolute atomic E-state index is 12.3. The van der Waals surface area contributed by atoms with E-state index in [2.05, 4.69) is 10.3 Å². The van der Waals surface area contributed by atoms with Crippen LogP contribution in [0.5, 0.6) is 0 Å². The SMILES string of the molecule is COC(=O)[C@@H](Cc1ccc2ccccc2n1)NC(=O)[C@H]1CCOC1. The van der Waals surface area contributed by atoms with E-state index in [1.54, 1.807) is 0 Å². The van der Waals surface area contributed by atoms with Crippen molar-refractivity contribution in [3.63, 3.8) is 0 Å². The lowest BCUT2D eigenvalue weighted by Gasteiger charge is -2.18. The number of carbonyl (C=O) groups is 2. The number of aromatic nitrogens is 1. The van der Waals surface area contributed by atoms with Gasteiger partial charge in [0.05, 0.1) is 25.2 Å². The van der Waals surface area contributed by atoms with E-state index in [0.717, 1.165) is 16.6 Å². The highest BCUT2D eigenvalue weighted by Gasteiger charge is 2.29. The average molecular weight is 328 g/mol. The third-order valence-corrected chi connectivity index (χ3v) is 4.17. The zero-order valence-electron chi connectivity index (χ0n) is 13.5. The van der Waals surface area contributed by atoms with Gasteiger partial charge in [-0.15, -0.1) is 0 Å². The van der Waals surface area contributed by atoms with E-state index in [-0.39, 0.29) is 18.2 Å². The Balaban J connectivity index is 1.75. The van der Waals surface area contributed by atoms with Gasteiger partial charge in [-0.25, -0.2) is 4.79 Å². The van der Waals surface area contributed by atoms with E-state index in [1.165, 1.54) is 7.11 Å². The molecule has 1 aromatic heterocycles. The third kappa shape index (κ3) is 3.71. The number of rotatable bonds is 5. The molecule has 0 aliphatic carbocycles. The number of benzene rings is 1. The van der Waals surface area contributed by atoms with E-state index in [4.69, 9.17) is 9.47 Å². The maximum atomic E-state index is 12.3. The van der Waals surface area contributed by atoms with E-state index in [0.29, 0.717) is 19.6 Å². The number of hydrogen-bond donors (Lipinski definition) is 1. The Morgan fingerprint density at radius 1 is 1.33 bits per heavy atom. The molecule has 6 heteroatoms. The van der Waals surface area contributed by atoms with Crippen LogP contribution in [0.15, 0.2) is 36.4 Å². The summed E-state index contributed by atoms with van der Waals surface area (Å²) in [7, 11) is 1.31. The molecule has 0 saturated carbocycles. The second-order valence-corrected chi connectivity index (χ2v) is 5.84. The number of nitrogens with zero attached hydrogens (tertiary/aromatic N) is 1. The lowest BCUT2D eigenvalue weighted by Crippen LogP contribution is -2.45. The lowest BCUT2D eigenvalue weighted by atomic mass is 10.1. The second-order valence-electron chi connectivity index (χ2n) is 5.84. The number of hydrogen-bond acceptors (Lipinski definition) is 5. The van der Waals surface area contributed by atoms with Crippen LogP contribution in [0.25, 0.3) is 10.9 Å². The Kier molecular flexibility index (Phi) is 5.05. The van der Waals surface area contributed by atoms with E-state index in [1.807, 2.05) is 36.4 Å². The molecule has 2 heterocycles. The molecule has 2 aromatic rings. The van der Waals surface area contributed by atoms with Crippen molar-refractivity contribution in [2.75, 3.05) is 20.3 Å². The topological polar surface area (TPSA) is 77.5 Å².